The van der Waals surface area contributed by atoms with E-state index in [-0.39, 0.29) is 30.6 Å². The molecule has 1 aromatic rings. The number of benzene rings is 1. The van der Waals surface area contributed by atoms with Crippen molar-refractivity contribution in [2.45, 2.75) is 0 Å². The number of nitrogens with zero attached hydrogens (tertiary/aromatic N) is 2. The molecule has 104 valence electrons. The first-order valence-electron chi connectivity index (χ1n) is 5.58. The summed E-state index contributed by atoms with van der Waals surface area (Å²) < 4.78 is 13.1. The van der Waals surface area contributed by atoms with Gasteiger partial charge in [0.1, 0.15) is 5.82 Å². The Labute approximate surface area is 125 Å². The molecule has 0 spiro atoms. The molecule has 1 heterocycles. The van der Waals surface area contributed by atoms with Gasteiger partial charge in [0, 0.05) is 44.3 Å². The predicted octanol–water partition coefficient (Wildman–Crippen LogP) is 3.03. The van der Waals surface area contributed by atoms with E-state index in [9.17, 15) is 4.39 Å². The zero-order valence-corrected chi connectivity index (χ0v) is 12.4. The van der Waals surface area contributed by atoms with Crippen LogP contribution >= 0.6 is 36.4 Å². The molecule has 0 N–H and O–H groups in total. The summed E-state index contributed by atoms with van der Waals surface area (Å²) in [6.07, 6.45) is 0. The maximum absolute atomic E-state index is 13.1. The molecular weight excluding hydrogens is 298 g/mol. The van der Waals surface area contributed by atoms with Crippen molar-refractivity contribution in [3.8, 4) is 0 Å². The van der Waals surface area contributed by atoms with Crippen molar-refractivity contribution >= 4 is 42.1 Å². The zero-order valence-electron chi connectivity index (χ0n) is 10.0. The van der Waals surface area contributed by atoms with E-state index in [1.807, 2.05) is 6.07 Å². The third-order valence-electron chi connectivity index (χ3n) is 2.95. The van der Waals surface area contributed by atoms with Crippen LogP contribution in [0.1, 0.15) is 0 Å². The van der Waals surface area contributed by atoms with Gasteiger partial charge in [0.05, 0.1) is 0 Å². The van der Waals surface area contributed by atoms with Gasteiger partial charge in [-0.3, -0.25) is 4.90 Å². The van der Waals surface area contributed by atoms with Gasteiger partial charge in [-0.1, -0.05) is 6.07 Å². The Morgan fingerprint density at radius 1 is 1.11 bits per heavy atom. The van der Waals surface area contributed by atoms with Gasteiger partial charge in [-0.05, 0) is 18.2 Å². The van der Waals surface area contributed by atoms with Crippen LogP contribution in [0.4, 0.5) is 10.1 Å². The van der Waals surface area contributed by atoms with Crippen molar-refractivity contribution in [3.05, 3.63) is 30.1 Å². The highest BCUT2D eigenvalue weighted by molar-refractivity contribution is 6.18. The van der Waals surface area contributed by atoms with E-state index in [2.05, 4.69) is 9.80 Å². The Hall–Kier alpha value is -0.220. The van der Waals surface area contributed by atoms with Crippen molar-refractivity contribution in [1.29, 1.82) is 0 Å². The van der Waals surface area contributed by atoms with E-state index >= 15 is 0 Å². The van der Waals surface area contributed by atoms with Gasteiger partial charge >= 0.3 is 0 Å². The molecule has 0 aromatic heterocycles. The molecule has 1 aliphatic heterocycles. The van der Waals surface area contributed by atoms with Gasteiger partial charge in [-0.25, -0.2) is 4.39 Å². The molecule has 2 nitrogen and oxygen atoms in total. The molecule has 0 unspecified atom stereocenters. The number of rotatable bonds is 3. The Balaban J connectivity index is 0.00000144. The molecular formula is C12H18Cl3FN2. The smallest absolute Gasteiger partial charge is 0.125 e. The normalized spacial score (nSPS) is 15.8. The molecule has 18 heavy (non-hydrogen) atoms. The van der Waals surface area contributed by atoms with Gasteiger partial charge in [0.25, 0.3) is 0 Å². The van der Waals surface area contributed by atoms with Gasteiger partial charge in [0.15, 0.2) is 0 Å². The van der Waals surface area contributed by atoms with Crippen LogP contribution in [0.25, 0.3) is 0 Å². The van der Waals surface area contributed by atoms with E-state index in [4.69, 9.17) is 11.6 Å². The highest BCUT2D eigenvalue weighted by Crippen LogP contribution is 2.17. The molecule has 0 saturated carbocycles. The van der Waals surface area contributed by atoms with Crippen LogP contribution in [0.5, 0.6) is 0 Å². The van der Waals surface area contributed by atoms with Crippen LogP contribution in [0, 0.1) is 5.82 Å². The minimum absolute atomic E-state index is 0. The highest BCUT2D eigenvalue weighted by atomic mass is 35.5. The summed E-state index contributed by atoms with van der Waals surface area (Å²) in [4.78, 5) is 4.55. The van der Waals surface area contributed by atoms with Crippen molar-refractivity contribution < 1.29 is 4.39 Å². The molecule has 0 amide bonds. The van der Waals surface area contributed by atoms with Crippen LogP contribution in [0.2, 0.25) is 0 Å². The summed E-state index contributed by atoms with van der Waals surface area (Å²) in [5, 5.41) is 0. The van der Waals surface area contributed by atoms with Crippen molar-refractivity contribution in [2.75, 3.05) is 43.5 Å². The lowest BCUT2D eigenvalue weighted by Crippen LogP contribution is -2.46. The first-order valence-corrected chi connectivity index (χ1v) is 6.12. The summed E-state index contributed by atoms with van der Waals surface area (Å²) in [7, 11) is 0. The first kappa shape index (κ1) is 17.8. The number of hydrogen-bond acceptors (Lipinski definition) is 2. The Morgan fingerprint density at radius 3 is 2.33 bits per heavy atom. The van der Waals surface area contributed by atoms with Crippen LogP contribution in [-0.2, 0) is 0 Å². The monoisotopic (exact) mass is 314 g/mol. The average Bonchev–Trinajstić information content (AvgIpc) is 2.30. The van der Waals surface area contributed by atoms with Gasteiger partial charge in [0.2, 0.25) is 0 Å². The topological polar surface area (TPSA) is 6.48 Å². The molecule has 0 atom stereocenters. The Morgan fingerprint density at radius 2 is 1.78 bits per heavy atom. The van der Waals surface area contributed by atoms with Crippen molar-refractivity contribution in [2.24, 2.45) is 0 Å². The summed E-state index contributed by atoms with van der Waals surface area (Å²) in [5.74, 6) is 0.514. The maximum atomic E-state index is 13.1. The number of alkyl halides is 1. The summed E-state index contributed by atoms with van der Waals surface area (Å²) >= 11 is 5.70. The molecule has 1 aliphatic rings. The second-order valence-corrected chi connectivity index (χ2v) is 4.38. The SMILES string of the molecule is Cl.Cl.Fc1cccc(N2CCN(CCCl)CC2)c1. The number of anilines is 1. The van der Waals surface area contributed by atoms with Crippen LogP contribution in [0.3, 0.4) is 0 Å². The van der Waals surface area contributed by atoms with Gasteiger partial charge in [-0.2, -0.15) is 0 Å². The first-order chi connectivity index (χ1) is 7.79. The average molecular weight is 316 g/mol. The molecule has 6 heteroatoms. The van der Waals surface area contributed by atoms with Gasteiger partial charge in [-0.15, -0.1) is 36.4 Å². The minimum Gasteiger partial charge on any atom is -0.369 e. The standard InChI is InChI=1S/C12H16ClFN2.2ClH/c13-4-5-15-6-8-16(9-7-15)12-3-1-2-11(14)10-12;;/h1-3,10H,4-9H2;2*1H. The van der Waals surface area contributed by atoms with Crippen molar-refractivity contribution in [1.82, 2.24) is 4.90 Å². The minimum atomic E-state index is -0.166. The predicted molar refractivity (Wildman–Crippen MR) is 80.3 cm³/mol. The van der Waals surface area contributed by atoms with Crippen molar-refractivity contribution in [3.63, 3.8) is 0 Å². The van der Waals surface area contributed by atoms with E-state index < -0.39 is 0 Å². The summed E-state index contributed by atoms with van der Waals surface area (Å²) in [5.41, 5.74) is 0.977. The Bertz CT molecular complexity index is 344. The molecule has 0 radical (unpaired) electrons. The van der Waals surface area contributed by atoms with Gasteiger partial charge < -0.3 is 4.90 Å². The van der Waals surface area contributed by atoms with Crippen LogP contribution < -0.4 is 4.90 Å². The number of hydrogen-bond donors (Lipinski definition) is 0. The second-order valence-electron chi connectivity index (χ2n) is 4.00. The third-order valence-corrected chi connectivity index (χ3v) is 3.12. The lowest BCUT2D eigenvalue weighted by Gasteiger charge is -2.35. The molecule has 1 aromatic carbocycles. The molecule has 1 saturated heterocycles. The fourth-order valence-electron chi connectivity index (χ4n) is 2.02. The quantitative estimate of drug-likeness (QED) is 0.791. The lowest BCUT2D eigenvalue weighted by atomic mass is 10.2. The molecule has 1 fully saturated rings. The van der Waals surface area contributed by atoms with E-state index in [0.29, 0.717) is 5.88 Å². The molecule has 0 aliphatic carbocycles. The summed E-state index contributed by atoms with van der Waals surface area (Å²) in [6.45, 7) is 4.84. The van der Waals surface area contributed by atoms with E-state index in [1.54, 1.807) is 12.1 Å². The zero-order chi connectivity index (χ0) is 11.4. The van der Waals surface area contributed by atoms with Crippen LogP contribution in [0.15, 0.2) is 24.3 Å². The number of piperazine rings is 1. The highest BCUT2D eigenvalue weighted by Gasteiger charge is 2.16. The fraction of sp³-hybridized carbons (Fsp3) is 0.500. The maximum Gasteiger partial charge on any atom is 0.125 e. The van der Waals surface area contributed by atoms with E-state index in [1.165, 1.54) is 6.07 Å². The van der Waals surface area contributed by atoms with E-state index in [0.717, 1.165) is 38.4 Å². The molecule has 2 rings (SSSR count). The lowest BCUT2D eigenvalue weighted by molar-refractivity contribution is 0.272. The number of halogens is 4. The summed E-state index contributed by atoms with van der Waals surface area (Å²) in [6, 6.07) is 6.79. The van der Waals surface area contributed by atoms with Crippen LogP contribution in [-0.4, -0.2) is 43.5 Å². The Kier molecular flexibility index (Phi) is 8.70. The fourth-order valence-corrected chi connectivity index (χ4v) is 2.26. The second kappa shape index (κ2) is 8.81. The molecule has 0 bridgehead atoms. The third kappa shape index (κ3) is 4.81. The largest absolute Gasteiger partial charge is 0.369 e.